The van der Waals surface area contributed by atoms with E-state index in [2.05, 4.69) is 10.3 Å². The van der Waals surface area contributed by atoms with E-state index in [9.17, 15) is 4.79 Å². The molecule has 0 saturated carbocycles. The highest BCUT2D eigenvalue weighted by Gasteiger charge is 2.36. The largest absolute Gasteiger partial charge is 0.337 e. The Bertz CT molecular complexity index is 475. The first-order valence-electron chi connectivity index (χ1n) is 7.11. The summed E-state index contributed by atoms with van der Waals surface area (Å²) in [6.45, 7) is 6.72. The van der Waals surface area contributed by atoms with Crippen molar-refractivity contribution in [3.63, 3.8) is 0 Å². The molecule has 118 valence electrons. The van der Waals surface area contributed by atoms with Crippen LogP contribution in [0.25, 0.3) is 0 Å². The molecule has 1 aromatic rings. The number of nitrogens with zero attached hydrogens (tertiary/aromatic N) is 2. The van der Waals surface area contributed by atoms with Crippen LogP contribution in [0.2, 0.25) is 0 Å². The fraction of sp³-hybridized carbons (Fsp3) is 0.600. The van der Waals surface area contributed by atoms with Crippen LogP contribution in [-0.2, 0) is 0 Å². The van der Waals surface area contributed by atoms with Gasteiger partial charge in [0.2, 0.25) is 0 Å². The lowest BCUT2D eigenvalue weighted by molar-refractivity contribution is 0.0785. The highest BCUT2D eigenvalue weighted by atomic mass is 35.5. The Morgan fingerprint density at radius 3 is 2.52 bits per heavy atom. The molecule has 3 rings (SSSR count). The number of fused-ring (bicyclic) bond motifs is 1. The van der Waals surface area contributed by atoms with Crippen LogP contribution < -0.4 is 5.32 Å². The molecule has 2 aliphatic heterocycles. The van der Waals surface area contributed by atoms with Crippen molar-refractivity contribution >= 4 is 30.7 Å². The number of carbonyl (C=O) groups excluding carboxylic acids is 1. The summed E-state index contributed by atoms with van der Waals surface area (Å²) >= 11 is 0. The number of amides is 1. The van der Waals surface area contributed by atoms with Crippen LogP contribution in [0.15, 0.2) is 12.1 Å². The van der Waals surface area contributed by atoms with Crippen LogP contribution in [0.5, 0.6) is 0 Å². The van der Waals surface area contributed by atoms with Crippen LogP contribution in [-0.4, -0.2) is 41.5 Å². The third-order valence-corrected chi connectivity index (χ3v) is 4.21. The normalized spacial score (nSPS) is 23.8. The molecule has 4 nitrogen and oxygen atoms in total. The van der Waals surface area contributed by atoms with Crippen molar-refractivity contribution in [2.45, 2.75) is 32.7 Å². The number of carbonyl (C=O) groups is 1. The predicted octanol–water partition coefficient (Wildman–Crippen LogP) is 2.37. The molecule has 2 atom stereocenters. The third-order valence-electron chi connectivity index (χ3n) is 4.21. The number of hydrogen-bond acceptors (Lipinski definition) is 3. The number of aromatic nitrogens is 1. The number of halogens is 2. The highest BCUT2D eigenvalue weighted by Crippen LogP contribution is 2.26. The molecule has 21 heavy (non-hydrogen) atoms. The van der Waals surface area contributed by atoms with Gasteiger partial charge < -0.3 is 10.2 Å². The molecule has 0 radical (unpaired) electrons. The maximum Gasteiger partial charge on any atom is 0.254 e. The zero-order valence-corrected chi connectivity index (χ0v) is 14.1. The van der Waals surface area contributed by atoms with Crippen LogP contribution in [0.3, 0.4) is 0 Å². The number of pyridine rings is 1. The van der Waals surface area contributed by atoms with Gasteiger partial charge in [0.25, 0.3) is 5.91 Å². The summed E-state index contributed by atoms with van der Waals surface area (Å²) in [6.07, 6.45) is 2.48. The van der Waals surface area contributed by atoms with Crippen molar-refractivity contribution in [1.82, 2.24) is 15.2 Å². The molecule has 2 saturated heterocycles. The maximum absolute atomic E-state index is 12.6. The quantitative estimate of drug-likeness (QED) is 0.859. The molecule has 0 aromatic carbocycles. The molecule has 1 amide bonds. The predicted molar refractivity (Wildman–Crippen MR) is 88.6 cm³/mol. The van der Waals surface area contributed by atoms with Gasteiger partial charge >= 0.3 is 0 Å². The first-order valence-corrected chi connectivity index (χ1v) is 7.11. The van der Waals surface area contributed by atoms with Gasteiger partial charge in [0.05, 0.1) is 0 Å². The van der Waals surface area contributed by atoms with E-state index in [4.69, 9.17) is 0 Å². The maximum atomic E-state index is 12.6. The Hall–Kier alpha value is -0.840. The fourth-order valence-electron chi connectivity index (χ4n) is 3.35. The van der Waals surface area contributed by atoms with Crippen LogP contribution in [0.4, 0.5) is 0 Å². The summed E-state index contributed by atoms with van der Waals surface area (Å²) in [5.74, 6) is 0.798. The van der Waals surface area contributed by atoms with Gasteiger partial charge in [0.15, 0.2) is 0 Å². The number of nitrogens with one attached hydrogen (secondary N) is 1. The molecule has 0 unspecified atom stereocenters. The van der Waals surface area contributed by atoms with Crippen molar-refractivity contribution in [2.24, 2.45) is 5.92 Å². The van der Waals surface area contributed by atoms with E-state index >= 15 is 0 Å². The minimum atomic E-state index is 0. The van der Waals surface area contributed by atoms with Gasteiger partial charge in [-0.25, -0.2) is 0 Å². The smallest absolute Gasteiger partial charge is 0.254 e. The fourth-order valence-corrected chi connectivity index (χ4v) is 3.35. The van der Waals surface area contributed by atoms with Gasteiger partial charge in [-0.1, -0.05) is 0 Å². The van der Waals surface area contributed by atoms with E-state index in [-0.39, 0.29) is 30.7 Å². The molecular formula is C15H23Cl2N3O. The second kappa shape index (κ2) is 7.43. The highest BCUT2D eigenvalue weighted by molar-refractivity contribution is 5.94. The zero-order chi connectivity index (χ0) is 13.4. The SMILES string of the molecule is Cc1cc(C(=O)N2C[C@@H]3CCCN[C@@H]3C2)cc(C)n1.Cl.Cl. The van der Waals surface area contributed by atoms with Crippen LogP contribution in [0, 0.1) is 19.8 Å². The number of hydrogen-bond donors (Lipinski definition) is 1. The molecule has 0 bridgehead atoms. The van der Waals surface area contributed by atoms with Crippen LogP contribution >= 0.6 is 24.8 Å². The summed E-state index contributed by atoms with van der Waals surface area (Å²) < 4.78 is 0. The molecule has 0 spiro atoms. The molecule has 1 N–H and O–H groups in total. The van der Waals surface area contributed by atoms with Crippen LogP contribution in [0.1, 0.15) is 34.6 Å². The van der Waals surface area contributed by atoms with Gasteiger partial charge in [0, 0.05) is 36.1 Å². The van der Waals surface area contributed by atoms with E-state index in [1.807, 2.05) is 30.9 Å². The summed E-state index contributed by atoms with van der Waals surface area (Å²) in [5.41, 5.74) is 2.61. The minimum absolute atomic E-state index is 0. The topological polar surface area (TPSA) is 45.2 Å². The first kappa shape index (κ1) is 18.2. The number of rotatable bonds is 1. The van der Waals surface area contributed by atoms with E-state index in [1.54, 1.807) is 0 Å². The standard InChI is InChI=1S/C15H21N3O.2ClH/c1-10-6-13(7-11(2)17-10)15(19)18-8-12-4-3-5-16-14(12)9-18;;/h6-7,12,14,16H,3-5,8-9H2,1-2H3;2*1H/t12-,14+;;/m0../s1. The van der Waals surface area contributed by atoms with Gasteiger partial charge in [0.1, 0.15) is 0 Å². The van der Waals surface area contributed by atoms with Gasteiger partial charge in [-0.3, -0.25) is 9.78 Å². The lowest BCUT2D eigenvalue weighted by atomic mass is 9.94. The molecule has 1 aromatic heterocycles. The summed E-state index contributed by atoms with van der Waals surface area (Å²) in [6, 6.07) is 4.29. The van der Waals surface area contributed by atoms with Crippen molar-refractivity contribution in [2.75, 3.05) is 19.6 Å². The van der Waals surface area contributed by atoms with Crippen molar-refractivity contribution in [1.29, 1.82) is 0 Å². The van der Waals surface area contributed by atoms with E-state index < -0.39 is 0 Å². The molecule has 6 heteroatoms. The van der Waals surface area contributed by atoms with Crippen molar-refractivity contribution < 1.29 is 4.79 Å². The third kappa shape index (κ3) is 3.87. The number of aryl methyl sites for hydroxylation is 2. The lowest BCUT2D eigenvalue weighted by Gasteiger charge is -2.24. The summed E-state index contributed by atoms with van der Waals surface area (Å²) in [7, 11) is 0. The molecular weight excluding hydrogens is 309 g/mol. The van der Waals surface area contributed by atoms with Gasteiger partial charge in [-0.05, 0) is 51.3 Å². The Morgan fingerprint density at radius 1 is 1.24 bits per heavy atom. The lowest BCUT2D eigenvalue weighted by Crippen LogP contribution is -2.41. The molecule has 3 heterocycles. The van der Waals surface area contributed by atoms with E-state index in [0.717, 1.165) is 36.6 Å². The van der Waals surface area contributed by atoms with E-state index in [0.29, 0.717) is 12.0 Å². The van der Waals surface area contributed by atoms with Gasteiger partial charge in [-0.15, -0.1) is 24.8 Å². The Morgan fingerprint density at radius 2 is 1.90 bits per heavy atom. The molecule has 2 fully saturated rings. The minimum Gasteiger partial charge on any atom is -0.337 e. The molecule has 2 aliphatic rings. The second-order valence-corrected chi connectivity index (χ2v) is 5.81. The average molecular weight is 332 g/mol. The Balaban J connectivity index is 0.00000110. The number of likely N-dealkylation sites (tertiary alicyclic amines) is 1. The number of piperidine rings is 1. The zero-order valence-electron chi connectivity index (χ0n) is 12.5. The monoisotopic (exact) mass is 331 g/mol. The van der Waals surface area contributed by atoms with Crippen molar-refractivity contribution in [3.8, 4) is 0 Å². The second-order valence-electron chi connectivity index (χ2n) is 5.81. The Labute approximate surface area is 138 Å². The van der Waals surface area contributed by atoms with E-state index in [1.165, 1.54) is 12.8 Å². The summed E-state index contributed by atoms with van der Waals surface area (Å²) in [4.78, 5) is 18.9. The summed E-state index contributed by atoms with van der Waals surface area (Å²) in [5, 5.41) is 3.53. The first-order chi connectivity index (χ1) is 9.13. The average Bonchev–Trinajstić information content (AvgIpc) is 2.80. The molecule has 0 aliphatic carbocycles. The van der Waals surface area contributed by atoms with Gasteiger partial charge in [-0.2, -0.15) is 0 Å². The van der Waals surface area contributed by atoms with Crippen molar-refractivity contribution in [3.05, 3.63) is 29.1 Å². The Kier molecular flexibility index (Phi) is 6.44.